The molecule has 3 N–H and O–H groups in total. The minimum atomic E-state index is -0.620. The highest BCUT2D eigenvalue weighted by Crippen LogP contribution is 2.14. The summed E-state index contributed by atoms with van der Waals surface area (Å²) in [5, 5.41) is 3.45. The first-order valence-electron chi connectivity index (χ1n) is 5.87. The highest BCUT2D eigenvalue weighted by atomic mass is 32.1. The molecular formula is C13H14FN3OS. The van der Waals surface area contributed by atoms with Crippen LogP contribution in [0.15, 0.2) is 24.4 Å². The van der Waals surface area contributed by atoms with E-state index >= 15 is 0 Å². The van der Waals surface area contributed by atoms with Gasteiger partial charge in [0.05, 0.1) is 12.1 Å². The zero-order chi connectivity index (χ0) is 13.8. The Labute approximate surface area is 114 Å². The molecule has 1 heterocycles. The molecule has 0 aliphatic carbocycles. The number of hydrogen-bond donors (Lipinski definition) is 2. The first-order chi connectivity index (χ1) is 9.10. The average Bonchev–Trinajstić information content (AvgIpc) is 2.84. The number of aryl methyl sites for hydroxylation is 1. The highest BCUT2D eigenvalue weighted by Gasteiger charge is 2.12. The van der Waals surface area contributed by atoms with Gasteiger partial charge in [0.25, 0.3) is 5.91 Å². The predicted octanol–water partition coefficient (Wildman–Crippen LogP) is 2.36. The predicted molar refractivity (Wildman–Crippen MR) is 73.5 cm³/mol. The number of nitrogens with zero attached hydrogens (tertiary/aromatic N) is 1. The van der Waals surface area contributed by atoms with Crippen molar-refractivity contribution in [1.29, 1.82) is 0 Å². The number of rotatable bonds is 4. The number of nitrogens with two attached hydrogens (primary N) is 1. The van der Waals surface area contributed by atoms with Crippen LogP contribution < -0.4 is 11.1 Å². The Morgan fingerprint density at radius 3 is 2.95 bits per heavy atom. The molecule has 0 fully saturated rings. The van der Waals surface area contributed by atoms with E-state index in [-0.39, 0.29) is 5.56 Å². The molecule has 6 heteroatoms. The Morgan fingerprint density at radius 1 is 1.53 bits per heavy atom. The third-order valence-electron chi connectivity index (χ3n) is 2.59. The molecule has 0 saturated carbocycles. The third kappa shape index (κ3) is 3.29. The normalized spacial score (nSPS) is 10.4. The van der Waals surface area contributed by atoms with E-state index in [1.165, 1.54) is 23.5 Å². The number of amides is 1. The molecule has 0 spiro atoms. The van der Waals surface area contributed by atoms with Crippen LogP contribution in [-0.4, -0.2) is 10.9 Å². The maximum Gasteiger partial charge on any atom is 0.254 e. The molecule has 19 heavy (non-hydrogen) atoms. The van der Waals surface area contributed by atoms with E-state index in [0.717, 1.165) is 22.4 Å². The van der Waals surface area contributed by atoms with Gasteiger partial charge in [-0.05, 0) is 24.6 Å². The van der Waals surface area contributed by atoms with E-state index in [4.69, 9.17) is 5.73 Å². The van der Waals surface area contributed by atoms with E-state index < -0.39 is 11.7 Å². The van der Waals surface area contributed by atoms with Crippen molar-refractivity contribution in [1.82, 2.24) is 10.3 Å². The molecule has 2 aromatic rings. The number of anilines is 1. The lowest BCUT2D eigenvalue weighted by molar-refractivity contribution is 0.0947. The van der Waals surface area contributed by atoms with Gasteiger partial charge in [-0.25, -0.2) is 9.37 Å². The standard InChI is InChI=1S/C13H14FN3OS/c1-2-9-6-16-12(19-9)7-17-13(18)10-4-3-8(15)5-11(10)14/h3-6H,2,7,15H2,1H3,(H,17,18). The molecule has 100 valence electrons. The summed E-state index contributed by atoms with van der Waals surface area (Å²) in [6.45, 7) is 2.34. The van der Waals surface area contributed by atoms with Crippen LogP contribution in [0.25, 0.3) is 0 Å². The van der Waals surface area contributed by atoms with Crippen LogP contribution in [0, 0.1) is 5.82 Å². The molecule has 0 radical (unpaired) electrons. The van der Waals surface area contributed by atoms with E-state index in [1.807, 2.05) is 6.92 Å². The average molecular weight is 279 g/mol. The Bertz CT molecular complexity index is 597. The fourth-order valence-corrected chi connectivity index (χ4v) is 2.36. The molecule has 0 aliphatic rings. The van der Waals surface area contributed by atoms with Gasteiger partial charge in [-0.1, -0.05) is 6.92 Å². The molecule has 1 amide bonds. The highest BCUT2D eigenvalue weighted by molar-refractivity contribution is 7.11. The van der Waals surface area contributed by atoms with Crippen molar-refractivity contribution in [2.45, 2.75) is 19.9 Å². The Hall–Kier alpha value is -1.95. The fourth-order valence-electron chi connectivity index (χ4n) is 1.56. The fraction of sp³-hybridized carbons (Fsp3) is 0.231. The molecule has 0 saturated heterocycles. The van der Waals surface area contributed by atoms with Gasteiger partial charge in [0.2, 0.25) is 0 Å². The largest absolute Gasteiger partial charge is 0.399 e. The molecular weight excluding hydrogens is 265 g/mol. The molecule has 0 unspecified atom stereocenters. The number of nitrogens with one attached hydrogen (secondary N) is 1. The molecule has 4 nitrogen and oxygen atoms in total. The summed E-state index contributed by atoms with van der Waals surface area (Å²) in [4.78, 5) is 17.1. The molecule has 1 aromatic heterocycles. The number of aromatic nitrogens is 1. The number of halogens is 1. The minimum absolute atomic E-state index is 0.0125. The van der Waals surface area contributed by atoms with Crippen molar-refractivity contribution in [2.75, 3.05) is 5.73 Å². The van der Waals surface area contributed by atoms with E-state index in [0.29, 0.717) is 12.2 Å². The summed E-state index contributed by atoms with van der Waals surface area (Å²) >= 11 is 1.54. The zero-order valence-corrected chi connectivity index (χ0v) is 11.3. The summed E-state index contributed by atoms with van der Waals surface area (Å²) in [6.07, 6.45) is 2.70. The van der Waals surface area contributed by atoms with Crippen molar-refractivity contribution in [3.05, 3.63) is 45.7 Å². The lowest BCUT2D eigenvalue weighted by atomic mass is 10.2. The molecule has 0 bridgehead atoms. The third-order valence-corrected chi connectivity index (χ3v) is 3.73. The summed E-state index contributed by atoms with van der Waals surface area (Å²) < 4.78 is 13.5. The summed E-state index contributed by atoms with van der Waals surface area (Å²) in [7, 11) is 0. The van der Waals surface area contributed by atoms with Gasteiger partial charge in [0.15, 0.2) is 0 Å². The monoisotopic (exact) mass is 279 g/mol. The second-order valence-electron chi connectivity index (χ2n) is 4.00. The van der Waals surface area contributed by atoms with Gasteiger partial charge in [-0.15, -0.1) is 11.3 Å². The lowest BCUT2D eigenvalue weighted by Crippen LogP contribution is -2.23. The number of carbonyl (C=O) groups excluding carboxylic acids is 1. The minimum Gasteiger partial charge on any atom is -0.399 e. The topological polar surface area (TPSA) is 68.0 Å². The first-order valence-corrected chi connectivity index (χ1v) is 6.68. The first kappa shape index (κ1) is 13.5. The van der Waals surface area contributed by atoms with Crippen molar-refractivity contribution in [3.63, 3.8) is 0 Å². The molecule has 1 aromatic carbocycles. The van der Waals surface area contributed by atoms with Crippen LogP contribution in [-0.2, 0) is 13.0 Å². The summed E-state index contributed by atoms with van der Waals surface area (Å²) in [5.74, 6) is -1.09. The van der Waals surface area contributed by atoms with Gasteiger partial charge in [0.1, 0.15) is 10.8 Å². The van der Waals surface area contributed by atoms with E-state index in [1.54, 1.807) is 6.20 Å². The van der Waals surface area contributed by atoms with Gasteiger partial charge >= 0.3 is 0 Å². The van der Waals surface area contributed by atoms with Gasteiger partial charge < -0.3 is 11.1 Å². The Kier molecular flexibility index (Phi) is 4.11. The zero-order valence-electron chi connectivity index (χ0n) is 10.4. The van der Waals surface area contributed by atoms with Crippen molar-refractivity contribution < 1.29 is 9.18 Å². The molecule has 0 atom stereocenters. The van der Waals surface area contributed by atoms with Crippen LogP contribution in [0.4, 0.5) is 10.1 Å². The van der Waals surface area contributed by atoms with Crippen LogP contribution in [0.2, 0.25) is 0 Å². The summed E-state index contributed by atoms with van der Waals surface area (Å²) in [6, 6.07) is 4.00. The molecule has 0 aliphatic heterocycles. The van der Waals surface area contributed by atoms with Crippen molar-refractivity contribution in [2.24, 2.45) is 0 Å². The second-order valence-corrected chi connectivity index (χ2v) is 5.20. The van der Waals surface area contributed by atoms with E-state index in [9.17, 15) is 9.18 Å². The smallest absolute Gasteiger partial charge is 0.254 e. The van der Waals surface area contributed by atoms with Crippen LogP contribution in [0.1, 0.15) is 27.2 Å². The van der Waals surface area contributed by atoms with Crippen LogP contribution in [0.3, 0.4) is 0 Å². The maximum atomic E-state index is 13.5. The lowest BCUT2D eigenvalue weighted by Gasteiger charge is -2.05. The number of thiazole rings is 1. The van der Waals surface area contributed by atoms with E-state index in [2.05, 4.69) is 10.3 Å². The van der Waals surface area contributed by atoms with Crippen molar-refractivity contribution in [3.8, 4) is 0 Å². The van der Waals surface area contributed by atoms with Gasteiger partial charge in [-0.3, -0.25) is 4.79 Å². The van der Waals surface area contributed by atoms with Gasteiger partial charge in [-0.2, -0.15) is 0 Å². The maximum absolute atomic E-state index is 13.5. The Morgan fingerprint density at radius 2 is 2.32 bits per heavy atom. The number of hydrogen-bond acceptors (Lipinski definition) is 4. The SMILES string of the molecule is CCc1cnc(CNC(=O)c2ccc(N)cc2F)s1. The Balaban J connectivity index is 2.01. The number of carbonyl (C=O) groups is 1. The quantitative estimate of drug-likeness (QED) is 0.844. The summed E-state index contributed by atoms with van der Waals surface area (Å²) in [5.41, 5.74) is 5.71. The molecule has 2 rings (SSSR count). The van der Waals surface area contributed by atoms with Crippen LogP contribution >= 0.6 is 11.3 Å². The second kappa shape index (κ2) is 5.79. The van der Waals surface area contributed by atoms with Crippen molar-refractivity contribution >= 4 is 22.9 Å². The van der Waals surface area contributed by atoms with Gasteiger partial charge in [0, 0.05) is 16.8 Å². The number of benzene rings is 1. The number of nitrogen functional groups attached to an aromatic ring is 1. The van der Waals surface area contributed by atoms with Crippen LogP contribution in [0.5, 0.6) is 0 Å².